The fourth-order valence-electron chi connectivity index (χ4n) is 2.34. The molecule has 21 heavy (non-hydrogen) atoms. The van der Waals surface area contributed by atoms with E-state index in [1.165, 1.54) is 6.07 Å². The molecule has 1 N–H and O–H groups in total. The maximum absolute atomic E-state index is 13.5. The molecule has 1 atom stereocenters. The summed E-state index contributed by atoms with van der Waals surface area (Å²) in [5.74, 6) is 0.473. The van der Waals surface area contributed by atoms with Crippen molar-refractivity contribution in [3.05, 3.63) is 63.9 Å². The lowest BCUT2D eigenvalue weighted by Crippen LogP contribution is -2.19. The van der Waals surface area contributed by atoms with Crippen molar-refractivity contribution in [1.82, 2.24) is 5.32 Å². The highest BCUT2D eigenvalue weighted by molar-refractivity contribution is 6.30. The van der Waals surface area contributed by atoms with Gasteiger partial charge < -0.3 is 10.1 Å². The van der Waals surface area contributed by atoms with Gasteiger partial charge in [0.2, 0.25) is 0 Å². The van der Waals surface area contributed by atoms with Gasteiger partial charge in [-0.15, -0.1) is 0 Å². The minimum atomic E-state index is -0.384. The van der Waals surface area contributed by atoms with E-state index in [0.29, 0.717) is 6.42 Å². The van der Waals surface area contributed by atoms with Gasteiger partial charge in [-0.2, -0.15) is 0 Å². The number of hydrogen-bond donors (Lipinski definition) is 1. The Morgan fingerprint density at radius 3 is 2.62 bits per heavy atom. The fourth-order valence-corrected chi connectivity index (χ4v) is 2.46. The predicted octanol–water partition coefficient (Wildman–Crippen LogP) is 4.30. The Hall–Kier alpha value is -1.58. The maximum atomic E-state index is 13.5. The van der Waals surface area contributed by atoms with Crippen molar-refractivity contribution >= 4 is 11.6 Å². The summed E-state index contributed by atoms with van der Waals surface area (Å²) < 4.78 is 18.9. The SMILES string of the molecule is CNC(Cc1ccc(Cl)c(F)c1)c1ccc(C)c(OC)c1. The van der Waals surface area contributed by atoms with Crippen LogP contribution in [0.3, 0.4) is 0 Å². The maximum Gasteiger partial charge on any atom is 0.142 e. The second-order valence-electron chi connectivity index (χ2n) is 5.02. The van der Waals surface area contributed by atoms with Crippen molar-refractivity contribution in [3.63, 3.8) is 0 Å². The number of rotatable bonds is 5. The molecule has 0 spiro atoms. The molecule has 1 unspecified atom stereocenters. The summed E-state index contributed by atoms with van der Waals surface area (Å²) >= 11 is 5.72. The average molecular weight is 308 g/mol. The zero-order chi connectivity index (χ0) is 15.4. The monoisotopic (exact) mass is 307 g/mol. The van der Waals surface area contributed by atoms with Crippen molar-refractivity contribution in [2.45, 2.75) is 19.4 Å². The van der Waals surface area contributed by atoms with Gasteiger partial charge in [-0.1, -0.05) is 29.8 Å². The number of ether oxygens (including phenoxy) is 1. The van der Waals surface area contributed by atoms with Gasteiger partial charge in [0.1, 0.15) is 11.6 Å². The molecule has 2 rings (SSSR count). The average Bonchev–Trinajstić information content (AvgIpc) is 2.49. The second kappa shape index (κ2) is 6.92. The van der Waals surface area contributed by atoms with Crippen LogP contribution in [-0.4, -0.2) is 14.2 Å². The van der Waals surface area contributed by atoms with Crippen LogP contribution < -0.4 is 10.1 Å². The van der Waals surface area contributed by atoms with Crippen LogP contribution in [0.4, 0.5) is 4.39 Å². The van der Waals surface area contributed by atoms with Crippen LogP contribution in [0.5, 0.6) is 5.75 Å². The van der Waals surface area contributed by atoms with Gasteiger partial charge in [0.25, 0.3) is 0 Å². The van der Waals surface area contributed by atoms with Gasteiger partial charge in [0.05, 0.1) is 12.1 Å². The molecule has 0 aromatic heterocycles. The molecule has 0 aliphatic rings. The molecule has 0 aliphatic heterocycles. The Bertz CT molecular complexity index is 630. The molecular formula is C17H19ClFNO. The second-order valence-corrected chi connectivity index (χ2v) is 5.43. The summed E-state index contributed by atoms with van der Waals surface area (Å²) in [6, 6.07) is 11.1. The molecule has 2 nitrogen and oxygen atoms in total. The van der Waals surface area contributed by atoms with E-state index < -0.39 is 0 Å². The van der Waals surface area contributed by atoms with Crippen LogP contribution in [0, 0.1) is 12.7 Å². The molecule has 0 saturated heterocycles. The smallest absolute Gasteiger partial charge is 0.142 e. The van der Waals surface area contributed by atoms with E-state index in [1.807, 2.05) is 32.2 Å². The van der Waals surface area contributed by atoms with Crippen molar-refractivity contribution < 1.29 is 9.13 Å². The first-order valence-electron chi connectivity index (χ1n) is 6.81. The number of methoxy groups -OCH3 is 1. The van der Waals surface area contributed by atoms with Crippen molar-refractivity contribution in [1.29, 1.82) is 0 Å². The molecular weight excluding hydrogens is 289 g/mol. The van der Waals surface area contributed by atoms with Crippen LogP contribution in [0.1, 0.15) is 22.7 Å². The number of nitrogens with one attached hydrogen (secondary N) is 1. The zero-order valence-corrected chi connectivity index (χ0v) is 13.2. The summed E-state index contributed by atoms with van der Waals surface area (Å²) in [5, 5.41) is 3.41. The summed E-state index contributed by atoms with van der Waals surface area (Å²) in [5.41, 5.74) is 3.10. The Morgan fingerprint density at radius 1 is 1.24 bits per heavy atom. The molecule has 0 bridgehead atoms. The Labute approximate surface area is 129 Å². The third kappa shape index (κ3) is 3.74. The van der Waals surface area contributed by atoms with Crippen LogP contribution in [0.25, 0.3) is 0 Å². The molecule has 0 saturated carbocycles. The number of benzene rings is 2. The Morgan fingerprint density at radius 2 is 2.00 bits per heavy atom. The van der Waals surface area contributed by atoms with Crippen LogP contribution in [0.2, 0.25) is 5.02 Å². The van der Waals surface area contributed by atoms with Crippen molar-refractivity contribution in [2.24, 2.45) is 0 Å². The lowest BCUT2D eigenvalue weighted by molar-refractivity contribution is 0.410. The highest BCUT2D eigenvalue weighted by atomic mass is 35.5. The molecule has 0 aliphatic carbocycles. The van der Waals surface area contributed by atoms with E-state index in [4.69, 9.17) is 16.3 Å². The highest BCUT2D eigenvalue weighted by Crippen LogP contribution is 2.26. The van der Waals surface area contributed by atoms with E-state index in [9.17, 15) is 4.39 Å². The molecule has 0 heterocycles. The molecule has 0 amide bonds. The third-order valence-electron chi connectivity index (χ3n) is 3.61. The molecule has 112 valence electrons. The number of halogens is 2. The molecule has 0 fully saturated rings. The lowest BCUT2D eigenvalue weighted by atomic mass is 9.97. The first kappa shape index (κ1) is 15.8. The van der Waals surface area contributed by atoms with E-state index in [2.05, 4.69) is 11.4 Å². The topological polar surface area (TPSA) is 21.3 Å². The van der Waals surface area contributed by atoms with Gasteiger partial charge in [-0.25, -0.2) is 4.39 Å². The zero-order valence-electron chi connectivity index (χ0n) is 12.4. The molecule has 0 radical (unpaired) electrons. The van der Waals surface area contributed by atoms with Crippen LogP contribution >= 0.6 is 11.6 Å². The van der Waals surface area contributed by atoms with Gasteiger partial charge in [-0.05, 0) is 55.3 Å². The van der Waals surface area contributed by atoms with Gasteiger partial charge in [0.15, 0.2) is 0 Å². The van der Waals surface area contributed by atoms with Crippen LogP contribution in [-0.2, 0) is 6.42 Å². The highest BCUT2D eigenvalue weighted by Gasteiger charge is 2.13. The van der Waals surface area contributed by atoms with Gasteiger partial charge >= 0.3 is 0 Å². The Kier molecular flexibility index (Phi) is 5.21. The summed E-state index contributed by atoms with van der Waals surface area (Å²) in [6.07, 6.45) is 0.677. The van der Waals surface area contributed by atoms with E-state index in [1.54, 1.807) is 13.2 Å². The first-order chi connectivity index (χ1) is 10.0. The molecule has 2 aromatic carbocycles. The van der Waals surface area contributed by atoms with Crippen LogP contribution in [0.15, 0.2) is 36.4 Å². The largest absolute Gasteiger partial charge is 0.496 e. The summed E-state index contributed by atoms with van der Waals surface area (Å²) in [6.45, 7) is 2.01. The third-order valence-corrected chi connectivity index (χ3v) is 3.91. The fraction of sp³-hybridized carbons (Fsp3) is 0.294. The number of aryl methyl sites for hydroxylation is 1. The van der Waals surface area contributed by atoms with E-state index >= 15 is 0 Å². The standard InChI is InChI=1S/C17H19ClFNO/c1-11-4-6-13(10-17(11)21-3)16(20-2)9-12-5-7-14(18)15(19)8-12/h4-8,10,16,20H,9H2,1-3H3. The van der Waals surface area contributed by atoms with Gasteiger partial charge in [0, 0.05) is 6.04 Å². The van der Waals surface area contributed by atoms with Crippen molar-refractivity contribution in [3.8, 4) is 5.75 Å². The summed E-state index contributed by atoms with van der Waals surface area (Å²) in [4.78, 5) is 0. The van der Waals surface area contributed by atoms with Crippen molar-refractivity contribution in [2.75, 3.05) is 14.2 Å². The van der Waals surface area contributed by atoms with E-state index in [0.717, 1.165) is 22.4 Å². The normalized spacial score (nSPS) is 12.2. The lowest BCUT2D eigenvalue weighted by Gasteiger charge is -2.18. The number of hydrogen-bond acceptors (Lipinski definition) is 2. The number of likely N-dealkylation sites (N-methyl/N-ethyl adjacent to an activating group) is 1. The molecule has 4 heteroatoms. The Balaban J connectivity index is 2.25. The molecule has 2 aromatic rings. The summed E-state index contributed by atoms with van der Waals surface area (Å²) in [7, 11) is 3.55. The quantitative estimate of drug-likeness (QED) is 0.889. The van der Waals surface area contributed by atoms with Gasteiger partial charge in [-0.3, -0.25) is 0 Å². The first-order valence-corrected chi connectivity index (χ1v) is 7.18. The minimum Gasteiger partial charge on any atom is -0.496 e. The van der Waals surface area contributed by atoms with E-state index in [-0.39, 0.29) is 16.9 Å². The minimum absolute atomic E-state index is 0.0834. The predicted molar refractivity (Wildman–Crippen MR) is 84.6 cm³/mol.